The quantitative estimate of drug-likeness (QED) is 0.474. The van der Waals surface area contributed by atoms with Gasteiger partial charge in [0.05, 0.1) is 11.4 Å². The van der Waals surface area contributed by atoms with E-state index in [1.807, 2.05) is 24.9 Å². The molecule has 1 aliphatic rings. The Balaban J connectivity index is 1.95. The van der Waals surface area contributed by atoms with Gasteiger partial charge in [-0.1, -0.05) is 6.07 Å². The number of rotatable bonds is 5. The summed E-state index contributed by atoms with van der Waals surface area (Å²) in [7, 11) is 1.84. The molecule has 0 amide bonds. The number of nitrogen functional groups attached to an aromatic ring is 1. The molecule has 26 heavy (non-hydrogen) atoms. The lowest BCUT2D eigenvalue weighted by Crippen LogP contribution is -2.32. The van der Waals surface area contributed by atoms with Crippen LogP contribution in [0.25, 0.3) is 5.57 Å². The third-order valence-electron chi connectivity index (χ3n) is 4.45. The predicted octanol–water partition coefficient (Wildman–Crippen LogP) is 1.92. The van der Waals surface area contributed by atoms with Crippen LogP contribution in [0, 0.1) is 10.8 Å². The number of nitrogens with one attached hydrogen (secondary N) is 2. The Morgan fingerprint density at radius 2 is 2.00 bits per heavy atom. The summed E-state index contributed by atoms with van der Waals surface area (Å²) in [4.78, 5) is 2.25. The number of benzene rings is 1. The molecule has 3 rings (SSSR count). The van der Waals surface area contributed by atoms with Crippen molar-refractivity contribution in [3.63, 3.8) is 0 Å². The minimum atomic E-state index is 0.304. The summed E-state index contributed by atoms with van der Waals surface area (Å²) in [5.41, 5.74) is 15.2. The monoisotopic (exact) mass is 369 g/mol. The number of anilines is 2. The summed E-state index contributed by atoms with van der Waals surface area (Å²) in [6, 6.07) is 7.29. The SMILES string of the molecule is Cn1nc(N2CCSCC2)cc1C(=N)c1cc(/C(C=N)=C/N)ccc1N. The number of allylic oxidation sites excluding steroid dienone is 1. The van der Waals surface area contributed by atoms with Gasteiger partial charge in [-0.3, -0.25) is 10.1 Å². The van der Waals surface area contributed by atoms with Crippen LogP contribution in [0.2, 0.25) is 0 Å². The van der Waals surface area contributed by atoms with Crippen molar-refractivity contribution in [1.82, 2.24) is 9.78 Å². The van der Waals surface area contributed by atoms with Gasteiger partial charge in [-0.25, -0.2) is 0 Å². The van der Waals surface area contributed by atoms with E-state index >= 15 is 0 Å². The first-order valence-corrected chi connectivity index (χ1v) is 9.49. The molecule has 1 aliphatic heterocycles. The number of aryl methyl sites for hydroxylation is 1. The summed E-state index contributed by atoms with van der Waals surface area (Å²) >= 11 is 1.95. The lowest BCUT2D eigenvalue weighted by molar-refractivity contribution is 0.737. The first-order chi connectivity index (χ1) is 12.5. The minimum absolute atomic E-state index is 0.304. The lowest BCUT2D eigenvalue weighted by atomic mass is 9.99. The molecule has 1 aromatic heterocycles. The summed E-state index contributed by atoms with van der Waals surface area (Å²) in [6.45, 7) is 1.94. The van der Waals surface area contributed by atoms with E-state index in [1.54, 1.807) is 22.9 Å². The number of hydrogen-bond acceptors (Lipinski definition) is 7. The standard InChI is InChI=1S/C18H23N7S/c1-24-16(9-17(23-24)25-4-6-26-7-5-25)18(22)14-8-12(2-3-15(14)21)13(10-19)11-20/h2-3,8-11,19,22H,4-7,20-21H2,1H3/b13-11+,19-10?,22-18?. The maximum absolute atomic E-state index is 8.66. The van der Waals surface area contributed by atoms with Crippen LogP contribution in [0.4, 0.5) is 11.5 Å². The number of nitrogens with zero attached hydrogens (tertiary/aromatic N) is 3. The second kappa shape index (κ2) is 7.65. The van der Waals surface area contributed by atoms with Crippen molar-refractivity contribution in [3.8, 4) is 0 Å². The number of hydrogen-bond donors (Lipinski definition) is 4. The second-order valence-corrected chi connectivity index (χ2v) is 7.28. The van der Waals surface area contributed by atoms with Crippen LogP contribution in [0.15, 0.2) is 30.5 Å². The molecular formula is C18H23N7S. The van der Waals surface area contributed by atoms with Crippen LogP contribution >= 0.6 is 11.8 Å². The molecule has 136 valence electrons. The van der Waals surface area contributed by atoms with Crippen molar-refractivity contribution in [1.29, 1.82) is 10.8 Å². The topological polar surface area (TPSA) is 121 Å². The van der Waals surface area contributed by atoms with Crippen molar-refractivity contribution < 1.29 is 0 Å². The zero-order valence-corrected chi connectivity index (χ0v) is 15.5. The van der Waals surface area contributed by atoms with E-state index < -0.39 is 0 Å². The Bertz CT molecular complexity index is 862. The highest BCUT2D eigenvalue weighted by molar-refractivity contribution is 7.99. The molecular weight excluding hydrogens is 346 g/mol. The van der Waals surface area contributed by atoms with Gasteiger partial charge >= 0.3 is 0 Å². The Morgan fingerprint density at radius 3 is 2.65 bits per heavy atom. The minimum Gasteiger partial charge on any atom is -0.404 e. The molecule has 0 atom stereocenters. The summed E-state index contributed by atoms with van der Waals surface area (Å²) in [6.07, 6.45) is 2.57. The highest BCUT2D eigenvalue weighted by Crippen LogP contribution is 2.24. The summed E-state index contributed by atoms with van der Waals surface area (Å²) in [5.74, 6) is 3.08. The average molecular weight is 369 g/mol. The van der Waals surface area contributed by atoms with Crippen molar-refractivity contribution in [2.75, 3.05) is 35.2 Å². The van der Waals surface area contributed by atoms with Crippen LogP contribution in [-0.2, 0) is 7.05 Å². The van der Waals surface area contributed by atoms with E-state index in [1.165, 1.54) is 12.4 Å². The molecule has 1 saturated heterocycles. The van der Waals surface area contributed by atoms with E-state index in [0.717, 1.165) is 36.0 Å². The smallest absolute Gasteiger partial charge is 0.151 e. The molecule has 1 fully saturated rings. The highest BCUT2D eigenvalue weighted by atomic mass is 32.2. The molecule has 0 aliphatic carbocycles. The molecule has 1 aromatic carbocycles. The average Bonchev–Trinajstić information content (AvgIpc) is 3.06. The molecule has 0 radical (unpaired) electrons. The van der Waals surface area contributed by atoms with Gasteiger partial charge in [0, 0.05) is 66.9 Å². The van der Waals surface area contributed by atoms with Gasteiger partial charge < -0.3 is 21.8 Å². The molecule has 2 heterocycles. The van der Waals surface area contributed by atoms with Crippen LogP contribution in [0.5, 0.6) is 0 Å². The van der Waals surface area contributed by atoms with Crippen molar-refractivity contribution >= 4 is 40.8 Å². The predicted molar refractivity (Wildman–Crippen MR) is 110 cm³/mol. The van der Waals surface area contributed by atoms with E-state index in [9.17, 15) is 0 Å². The van der Waals surface area contributed by atoms with E-state index in [4.69, 9.17) is 22.3 Å². The van der Waals surface area contributed by atoms with Gasteiger partial charge in [0.25, 0.3) is 0 Å². The second-order valence-electron chi connectivity index (χ2n) is 6.05. The maximum atomic E-state index is 8.66. The van der Waals surface area contributed by atoms with E-state index in [2.05, 4.69) is 10.00 Å². The van der Waals surface area contributed by atoms with Crippen molar-refractivity contribution in [2.45, 2.75) is 0 Å². The molecule has 0 unspecified atom stereocenters. The van der Waals surface area contributed by atoms with Crippen LogP contribution in [-0.4, -0.2) is 46.3 Å². The molecule has 7 nitrogen and oxygen atoms in total. The zero-order chi connectivity index (χ0) is 18.7. The first-order valence-electron chi connectivity index (χ1n) is 8.33. The highest BCUT2D eigenvalue weighted by Gasteiger charge is 2.19. The van der Waals surface area contributed by atoms with Crippen LogP contribution in [0.1, 0.15) is 16.8 Å². The normalized spacial score (nSPS) is 15.1. The molecule has 8 heteroatoms. The Morgan fingerprint density at radius 1 is 1.27 bits per heavy atom. The van der Waals surface area contributed by atoms with Gasteiger partial charge in [-0.05, 0) is 17.7 Å². The summed E-state index contributed by atoms with van der Waals surface area (Å²) < 4.78 is 1.72. The molecule has 0 bridgehead atoms. The molecule has 2 aromatic rings. The van der Waals surface area contributed by atoms with Crippen molar-refractivity contribution in [2.24, 2.45) is 12.8 Å². The Labute approximate surface area is 157 Å². The van der Waals surface area contributed by atoms with E-state index in [-0.39, 0.29) is 0 Å². The van der Waals surface area contributed by atoms with Crippen LogP contribution < -0.4 is 16.4 Å². The van der Waals surface area contributed by atoms with Crippen molar-refractivity contribution in [3.05, 3.63) is 47.3 Å². The fourth-order valence-corrected chi connectivity index (χ4v) is 3.85. The van der Waals surface area contributed by atoms with Gasteiger partial charge in [0.15, 0.2) is 5.82 Å². The fraction of sp³-hybridized carbons (Fsp3) is 0.278. The van der Waals surface area contributed by atoms with Gasteiger partial charge in [-0.2, -0.15) is 16.9 Å². The third-order valence-corrected chi connectivity index (χ3v) is 5.39. The maximum Gasteiger partial charge on any atom is 0.151 e. The zero-order valence-electron chi connectivity index (χ0n) is 14.7. The molecule has 0 saturated carbocycles. The molecule has 6 N–H and O–H groups in total. The number of nitrogens with two attached hydrogens (primary N) is 2. The number of thioether (sulfide) groups is 1. The van der Waals surface area contributed by atoms with Crippen LogP contribution in [0.3, 0.4) is 0 Å². The lowest BCUT2D eigenvalue weighted by Gasteiger charge is -2.25. The number of aromatic nitrogens is 2. The van der Waals surface area contributed by atoms with Gasteiger partial charge in [0.2, 0.25) is 0 Å². The Kier molecular flexibility index (Phi) is 5.32. The largest absolute Gasteiger partial charge is 0.404 e. The first kappa shape index (κ1) is 18.1. The van der Waals surface area contributed by atoms with Gasteiger partial charge in [-0.15, -0.1) is 0 Å². The van der Waals surface area contributed by atoms with Gasteiger partial charge in [0.1, 0.15) is 0 Å². The Hall–Kier alpha value is -2.74. The third kappa shape index (κ3) is 3.45. The summed E-state index contributed by atoms with van der Waals surface area (Å²) in [5, 5.41) is 20.7. The molecule has 0 spiro atoms. The van der Waals surface area contributed by atoms with E-state index in [0.29, 0.717) is 28.2 Å². The fourth-order valence-electron chi connectivity index (χ4n) is 2.95.